The Morgan fingerprint density at radius 3 is 1.37 bits per heavy atom. The smallest absolute Gasteiger partial charge is 0.217 e. The molecule has 0 radical (unpaired) electrons. The lowest BCUT2D eigenvalue weighted by atomic mass is 9.94. The Morgan fingerprint density at radius 1 is 0.510 bits per heavy atom. The third kappa shape index (κ3) is 9.29. The second-order valence-electron chi connectivity index (χ2n) is 12.7. The van der Waals surface area contributed by atoms with Gasteiger partial charge in [0.25, 0.3) is 0 Å². The van der Waals surface area contributed by atoms with Crippen molar-refractivity contribution in [1.29, 1.82) is 0 Å². The summed E-state index contributed by atoms with van der Waals surface area (Å²) in [6.07, 6.45) is -30.9. The molecule has 0 aromatic carbocycles. The second kappa shape index (κ2) is 18.0. The van der Waals surface area contributed by atoms with Gasteiger partial charge in [0.2, 0.25) is 11.8 Å². The molecule has 0 aliphatic carbocycles. The van der Waals surface area contributed by atoms with E-state index >= 15 is 0 Å². The summed E-state index contributed by atoms with van der Waals surface area (Å²) in [5.74, 6) is -1.41. The average molecular weight is 749 g/mol. The molecule has 4 fully saturated rings. The maximum atomic E-state index is 12.2. The largest absolute Gasteiger partial charge is 0.394 e. The van der Waals surface area contributed by atoms with E-state index in [1.165, 1.54) is 0 Å². The number of carbonyl (C=O) groups is 2. The van der Waals surface area contributed by atoms with Gasteiger partial charge in [0.15, 0.2) is 25.2 Å². The fourth-order valence-electron chi connectivity index (χ4n) is 6.25. The van der Waals surface area contributed by atoms with Crippen molar-refractivity contribution >= 4 is 11.8 Å². The molecule has 20 atom stereocenters. The van der Waals surface area contributed by atoms with Crippen LogP contribution in [-0.4, -0.2) is 222 Å². The highest BCUT2D eigenvalue weighted by molar-refractivity contribution is 5.73. The van der Waals surface area contributed by atoms with Gasteiger partial charge in [-0.05, 0) is 0 Å². The number of hydrogen-bond acceptors (Lipinski definition) is 21. The van der Waals surface area contributed by atoms with Crippen molar-refractivity contribution in [2.24, 2.45) is 0 Å². The predicted octanol–water partition coefficient (Wildman–Crippen LogP) is -9.46. The minimum absolute atomic E-state index is 0.693. The molecule has 2 amide bonds. The number of aliphatic hydroxyl groups is 12. The van der Waals surface area contributed by atoms with Crippen LogP contribution in [0.2, 0.25) is 0 Å². The number of aliphatic hydroxyl groups excluding tert-OH is 12. The Hall–Kier alpha value is -1.82. The summed E-state index contributed by atoms with van der Waals surface area (Å²) in [4.78, 5) is 24.0. The van der Waals surface area contributed by atoms with Crippen molar-refractivity contribution in [2.45, 2.75) is 137 Å². The fraction of sp³-hybridized carbons (Fsp3) is 0.929. The minimum atomic E-state index is -1.94. The molecule has 4 heterocycles. The maximum Gasteiger partial charge on any atom is 0.217 e. The molecule has 0 bridgehead atoms. The minimum Gasteiger partial charge on any atom is -0.394 e. The van der Waals surface area contributed by atoms with Gasteiger partial charge in [-0.3, -0.25) is 9.59 Å². The van der Waals surface area contributed by atoms with Crippen molar-refractivity contribution in [1.82, 2.24) is 10.6 Å². The average Bonchev–Trinajstić information content (AvgIpc) is 3.08. The first-order valence-corrected chi connectivity index (χ1v) is 16.1. The van der Waals surface area contributed by atoms with E-state index in [-0.39, 0.29) is 0 Å². The van der Waals surface area contributed by atoms with Gasteiger partial charge in [-0.25, -0.2) is 0 Å². The van der Waals surface area contributed by atoms with Crippen LogP contribution in [0, 0.1) is 0 Å². The van der Waals surface area contributed by atoms with Gasteiger partial charge >= 0.3 is 0 Å². The number of nitrogens with one attached hydrogen (secondary N) is 2. The second-order valence-corrected chi connectivity index (χ2v) is 12.7. The van der Waals surface area contributed by atoms with Crippen LogP contribution in [0.4, 0.5) is 0 Å². The Bertz CT molecular complexity index is 1140. The van der Waals surface area contributed by atoms with Crippen LogP contribution >= 0.6 is 0 Å². The molecule has 4 saturated heterocycles. The van der Waals surface area contributed by atoms with Gasteiger partial charge in [-0.2, -0.15) is 0 Å². The van der Waals surface area contributed by atoms with E-state index in [0.717, 1.165) is 13.8 Å². The fourth-order valence-corrected chi connectivity index (χ4v) is 6.25. The van der Waals surface area contributed by atoms with Gasteiger partial charge in [-0.1, -0.05) is 0 Å². The molecule has 4 aliphatic rings. The van der Waals surface area contributed by atoms with Gasteiger partial charge < -0.3 is 105 Å². The zero-order chi connectivity index (χ0) is 37.9. The molecule has 0 spiro atoms. The standard InChI is InChI=1S/C28H48N2O21/c1-7(34)29-13-17(38)24(51-28-22(43)20(41)16(37)10(4-32)48-28)12(46-25(13)44)6-45-26-14(30-8(2)35)18(39)23(11(5-33)49-26)50-27-21(42)19(40)15(36)9(3-31)47-27/h9-28,31-33,36-44H,3-6H2,1-2H3,(H,29,34)(H,30,35)/t9-,10-,11-,12-,13-,14-,15+,16+,17-,18-,19+,20+,21-,22-,23-,24+,25+,26-,27+,28+/m1/s1. The molecule has 23 nitrogen and oxygen atoms in total. The first-order valence-electron chi connectivity index (χ1n) is 16.1. The highest BCUT2D eigenvalue weighted by Crippen LogP contribution is 2.32. The van der Waals surface area contributed by atoms with Crippen LogP contribution in [0.3, 0.4) is 0 Å². The first kappa shape index (κ1) is 41.9. The van der Waals surface area contributed by atoms with Crippen molar-refractivity contribution in [3.63, 3.8) is 0 Å². The lowest BCUT2D eigenvalue weighted by Crippen LogP contribution is -2.69. The van der Waals surface area contributed by atoms with E-state index in [2.05, 4.69) is 10.6 Å². The third-order valence-electron chi connectivity index (χ3n) is 8.99. The summed E-state index contributed by atoms with van der Waals surface area (Å²) in [6.45, 7) is -1.02. The lowest BCUT2D eigenvalue weighted by molar-refractivity contribution is -0.359. The highest BCUT2D eigenvalue weighted by Gasteiger charge is 2.54. The SMILES string of the molecule is CC(=O)N[C@@H]1[C@@H](O)[C@@H](O[C@@H]2O[C@H](CO)[C@H](O)[C@H](O)[C@H]2O)[C@@H](CO[C@@H]2O[C@H](CO)[C@@H](O[C@@H]3O[C@H](CO)[C@H](O)[C@H](O)[C@H]3O)[C@H](O)[C@H]2NC(C)=O)O[C@@H]1O. The number of rotatable bonds is 12. The lowest BCUT2D eigenvalue weighted by Gasteiger charge is -2.48. The molecule has 14 N–H and O–H groups in total. The Balaban J connectivity index is 1.55. The molecular formula is C28H48N2O21. The number of hydrogen-bond donors (Lipinski definition) is 14. The molecule has 0 aromatic rings. The molecule has 296 valence electrons. The van der Waals surface area contributed by atoms with Gasteiger partial charge in [0, 0.05) is 13.8 Å². The van der Waals surface area contributed by atoms with Gasteiger partial charge in [0.05, 0.1) is 26.4 Å². The van der Waals surface area contributed by atoms with Crippen molar-refractivity contribution in [2.75, 3.05) is 26.4 Å². The van der Waals surface area contributed by atoms with Crippen LogP contribution in [0.15, 0.2) is 0 Å². The summed E-state index contributed by atoms with van der Waals surface area (Å²) in [6, 6.07) is -3.04. The van der Waals surface area contributed by atoms with E-state index in [1.807, 2.05) is 0 Å². The molecular weight excluding hydrogens is 700 g/mol. The Labute approximate surface area is 289 Å². The molecule has 0 saturated carbocycles. The molecule has 0 aromatic heterocycles. The monoisotopic (exact) mass is 748 g/mol. The maximum absolute atomic E-state index is 12.2. The first-order chi connectivity index (χ1) is 24.0. The quantitative estimate of drug-likeness (QED) is 0.0881. The molecule has 4 rings (SSSR count). The van der Waals surface area contributed by atoms with Gasteiger partial charge in [0.1, 0.15) is 97.5 Å². The van der Waals surface area contributed by atoms with Crippen LogP contribution in [0.25, 0.3) is 0 Å². The van der Waals surface area contributed by atoms with E-state index in [0.29, 0.717) is 0 Å². The van der Waals surface area contributed by atoms with Crippen molar-refractivity contribution < 1.29 is 104 Å². The number of carbonyl (C=O) groups excluding carboxylic acids is 2. The van der Waals surface area contributed by atoms with E-state index in [4.69, 9.17) is 33.2 Å². The molecule has 23 heteroatoms. The molecule has 0 unspecified atom stereocenters. The van der Waals surface area contributed by atoms with E-state index < -0.39 is 161 Å². The van der Waals surface area contributed by atoms with E-state index in [9.17, 15) is 70.9 Å². The Kier molecular flexibility index (Phi) is 14.8. The third-order valence-corrected chi connectivity index (χ3v) is 8.99. The van der Waals surface area contributed by atoms with Crippen LogP contribution in [0.5, 0.6) is 0 Å². The number of ether oxygens (including phenoxy) is 7. The molecule has 51 heavy (non-hydrogen) atoms. The summed E-state index contributed by atoms with van der Waals surface area (Å²) in [7, 11) is 0. The summed E-state index contributed by atoms with van der Waals surface area (Å²) < 4.78 is 39.2. The van der Waals surface area contributed by atoms with Gasteiger partial charge in [-0.15, -0.1) is 0 Å². The van der Waals surface area contributed by atoms with Crippen LogP contribution < -0.4 is 10.6 Å². The molecule has 4 aliphatic heterocycles. The number of amides is 2. The normalized spacial score (nSPS) is 47.8. The van der Waals surface area contributed by atoms with Crippen molar-refractivity contribution in [3.8, 4) is 0 Å². The van der Waals surface area contributed by atoms with Crippen molar-refractivity contribution in [3.05, 3.63) is 0 Å². The predicted molar refractivity (Wildman–Crippen MR) is 157 cm³/mol. The summed E-state index contributed by atoms with van der Waals surface area (Å²) in [5.41, 5.74) is 0. The zero-order valence-electron chi connectivity index (χ0n) is 27.4. The van der Waals surface area contributed by atoms with Crippen LogP contribution in [0.1, 0.15) is 13.8 Å². The van der Waals surface area contributed by atoms with E-state index in [1.54, 1.807) is 0 Å². The zero-order valence-corrected chi connectivity index (χ0v) is 27.4. The summed E-state index contributed by atoms with van der Waals surface area (Å²) >= 11 is 0. The Morgan fingerprint density at radius 2 is 0.922 bits per heavy atom. The summed E-state index contributed by atoms with van der Waals surface area (Å²) in [5, 5.41) is 129. The highest BCUT2D eigenvalue weighted by atomic mass is 16.8. The topological polar surface area (TPSA) is 366 Å². The van der Waals surface area contributed by atoms with Crippen LogP contribution in [-0.2, 0) is 42.7 Å².